The lowest BCUT2D eigenvalue weighted by Gasteiger charge is -2.19. The highest BCUT2D eigenvalue weighted by molar-refractivity contribution is 6.08. The molecule has 0 aliphatic rings. The summed E-state index contributed by atoms with van der Waals surface area (Å²) in [5, 5.41) is 2.51. The first-order valence-electron chi connectivity index (χ1n) is 8.43. The molecule has 2 aromatic heterocycles. The fourth-order valence-corrected chi connectivity index (χ4v) is 2.91. The Labute approximate surface area is 159 Å². The minimum Gasteiger partial charge on any atom is -0.368 e. The van der Waals surface area contributed by atoms with Crippen LogP contribution in [0.15, 0.2) is 30.6 Å². The Kier molecular flexibility index (Phi) is 4.93. The first-order valence-corrected chi connectivity index (χ1v) is 8.43. The number of fused-ring (bicyclic) bond motifs is 1. The van der Waals surface area contributed by atoms with E-state index in [1.807, 2.05) is 18.3 Å². The van der Waals surface area contributed by atoms with E-state index in [2.05, 4.69) is 15.0 Å². The van der Waals surface area contributed by atoms with E-state index >= 15 is 0 Å². The number of nitrogen functional groups attached to an aromatic ring is 1. The third-order valence-corrected chi connectivity index (χ3v) is 4.30. The molecule has 3 rings (SSSR count). The van der Waals surface area contributed by atoms with Gasteiger partial charge in [0.1, 0.15) is 6.04 Å². The Morgan fingerprint density at radius 1 is 1.14 bits per heavy atom. The number of benzene rings is 1. The number of carbonyl (C=O) groups is 1. The van der Waals surface area contributed by atoms with Crippen molar-refractivity contribution in [3.8, 4) is 11.3 Å². The van der Waals surface area contributed by atoms with Crippen molar-refractivity contribution in [1.82, 2.24) is 20.3 Å². The molecule has 1 atom stereocenters. The molecular formula is C19H18F3N5O. The molecule has 0 saturated carbocycles. The number of nitrogens with zero attached hydrogens (tertiary/aromatic N) is 3. The first kappa shape index (κ1) is 19.5. The van der Waals surface area contributed by atoms with Gasteiger partial charge in [0, 0.05) is 23.3 Å². The minimum absolute atomic E-state index is 0.0770. The van der Waals surface area contributed by atoms with Crippen LogP contribution in [0.2, 0.25) is 0 Å². The van der Waals surface area contributed by atoms with Gasteiger partial charge in [-0.25, -0.2) is 15.0 Å². The summed E-state index contributed by atoms with van der Waals surface area (Å²) in [7, 11) is 0. The van der Waals surface area contributed by atoms with Crippen LogP contribution in [0.25, 0.3) is 22.2 Å². The quantitative estimate of drug-likeness (QED) is 0.714. The van der Waals surface area contributed by atoms with Gasteiger partial charge >= 0.3 is 6.18 Å². The Morgan fingerprint density at radius 3 is 2.39 bits per heavy atom. The largest absolute Gasteiger partial charge is 0.408 e. The average Bonchev–Trinajstić information content (AvgIpc) is 2.60. The lowest BCUT2D eigenvalue weighted by molar-refractivity contribution is -0.149. The van der Waals surface area contributed by atoms with E-state index in [0.29, 0.717) is 22.2 Å². The Hall–Kier alpha value is -3.23. The molecule has 146 valence electrons. The summed E-state index contributed by atoms with van der Waals surface area (Å²) in [5.41, 5.74) is 8.61. The average molecular weight is 389 g/mol. The smallest absolute Gasteiger partial charge is 0.368 e. The molecule has 0 fully saturated rings. The molecule has 3 aromatic rings. The van der Waals surface area contributed by atoms with Crippen molar-refractivity contribution in [2.75, 3.05) is 5.73 Å². The van der Waals surface area contributed by atoms with Crippen molar-refractivity contribution in [2.24, 2.45) is 0 Å². The second-order valence-electron chi connectivity index (χ2n) is 6.60. The van der Waals surface area contributed by atoms with Gasteiger partial charge in [-0.2, -0.15) is 13.2 Å². The maximum Gasteiger partial charge on any atom is 0.408 e. The van der Waals surface area contributed by atoms with Gasteiger partial charge in [-0.3, -0.25) is 4.79 Å². The van der Waals surface area contributed by atoms with E-state index in [9.17, 15) is 18.0 Å². The number of alkyl halides is 3. The Balaban J connectivity index is 2.18. The van der Waals surface area contributed by atoms with Crippen LogP contribution in [-0.2, 0) is 0 Å². The molecule has 28 heavy (non-hydrogen) atoms. The van der Waals surface area contributed by atoms with Crippen molar-refractivity contribution < 1.29 is 18.0 Å². The number of rotatable bonds is 3. The summed E-state index contributed by atoms with van der Waals surface area (Å²) in [4.78, 5) is 25.1. The predicted octanol–water partition coefficient (Wildman–Crippen LogP) is 3.57. The molecule has 1 amide bonds. The van der Waals surface area contributed by atoms with Crippen LogP contribution in [0.5, 0.6) is 0 Å². The fraction of sp³-hybridized carbons (Fsp3) is 0.263. The molecule has 0 radical (unpaired) electrons. The maximum absolute atomic E-state index is 12.9. The zero-order valence-electron chi connectivity index (χ0n) is 15.4. The molecule has 2 heterocycles. The number of nitrogens with two attached hydrogens (primary N) is 1. The number of hydrogen-bond acceptors (Lipinski definition) is 5. The number of carbonyl (C=O) groups excluding carboxylic acids is 1. The summed E-state index contributed by atoms with van der Waals surface area (Å²) >= 11 is 0. The summed E-state index contributed by atoms with van der Waals surface area (Å²) in [6.45, 7) is 4.55. The van der Waals surface area contributed by atoms with E-state index in [1.54, 1.807) is 13.0 Å². The van der Waals surface area contributed by atoms with Crippen molar-refractivity contribution >= 4 is 22.8 Å². The third-order valence-electron chi connectivity index (χ3n) is 4.30. The van der Waals surface area contributed by atoms with Crippen LogP contribution in [0.3, 0.4) is 0 Å². The number of amides is 1. The van der Waals surface area contributed by atoms with Crippen LogP contribution in [0.4, 0.5) is 19.1 Å². The van der Waals surface area contributed by atoms with E-state index in [4.69, 9.17) is 5.73 Å². The van der Waals surface area contributed by atoms with Gasteiger partial charge in [-0.05, 0) is 44.0 Å². The van der Waals surface area contributed by atoms with Gasteiger partial charge in [0.15, 0.2) is 0 Å². The van der Waals surface area contributed by atoms with E-state index in [-0.39, 0.29) is 11.5 Å². The lowest BCUT2D eigenvalue weighted by Crippen LogP contribution is -2.43. The first-order chi connectivity index (χ1) is 13.1. The van der Waals surface area contributed by atoms with Gasteiger partial charge < -0.3 is 11.1 Å². The molecule has 0 bridgehead atoms. The molecule has 1 aromatic carbocycles. The van der Waals surface area contributed by atoms with Crippen molar-refractivity contribution in [3.05, 3.63) is 47.3 Å². The molecule has 0 spiro atoms. The molecular weight excluding hydrogens is 371 g/mol. The van der Waals surface area contributed by atoms with E-state index < -0.39 is 18.1 Å². The molecule has 0 aliphatic heterocycles. The molecule has 6 nitrogen and oxygen atoms in total. The van der Waals surface area contributed by atoms with Crippen LogP contribution >= 0.6 is 0 Å². The zero-order valence-corrected chi connectivity index (χ0v) is 15.4. The van der Waals surface area contributed by atoms with Crippen LogP contribution in [0.1, 0.15) is 28.4 Å². The van der Waals surface area contributed by atoms with Gasteiger partial charge in [0.05, 0.1) is 16.8 Å². The lowest BCUT2D eigenvalue weighted by atomic mass is 9.98. The number of anilines is 1. The van der Waals surface area contributed by atoms with E-state index in [0.717, 1.165) is 18.1 Å². The van der Waals surface area contributed by atoms with Crippen LogP contribution in [0, 0.1) is 13.8 Å². The standard InChI is InChI=1S/C19H18F3N5O/c1-9-4-10(2)16-13(17(28)26-11(3)19(20,21)22)6-14(27-15(16)5-9)12-7-24-18(23)25-8-12/h4-8,11H,1-3H3,(H,26,28)(H2,23,24,25)/t11-/m0/s1. The normalized spacial score (nSPS) is 12.8. The molecule has 0 aliphatic carbocycles. The molecule has 9 heteroatoms. The zero-order chi connectivity index (χ0) is 20.6. The molecule has 3 N–H and O–H groups in total. The minimum atomic E-state index is -4.54. The maximum atomic E-state index is 12.9. The molecule has 0 unspecified atom stereocenters. The number of aryl methyl sites for hydroxylation is 2. The second kappa shape index (κ2) is 7.06. The summed E-state index contributed by atoms with van der Waals surface area (Å²) < 4.78 is 38.7. The van der Waals surface area contributed by atoms with Gasteiger partial charge in [-0.1, -0.05) is 6.07 Å². The summed E-state index contributed by atoms with van der Waals surface area (Å²) in [5.74, 6) is -0.755. The van der Waals surface area contributed by atoms with Gasteiger partial charge in [0.25, 0.3) is 5.91 Å². The van der Waals surface area contributed by atoms with E-state index in [1.165, 1.54) is 18.5 Å². The predicted molar refractivity (Wildman–Crippen MR) is 99.6 cm³/mol. The van der Waals surface area contributed by atoms with Crippen LogP contribution < -0.4 is 11.1 Å². The number of halogens is 3. The monoisotopic (exact) mass is 389 g/mol. The second-order valence-corrected chi connectivity index (χ2v) is 6.60. The topological polar surface area (TPSA) is 93.8 Å². The highest BCUT2D eigenvalue weighted by Crippen LogP contribution is 2.28. The van der Waals surface area contributed by atoms with Gasteiger partial charge in [-0.15, -0.1) is 0 Å². The van der Waals surface area contributed by atoms with Crippen molar-refractivity contribution in [3.63, 3.8) is 0 Å². The fourth-order valence-electron chi connectivity index (χ4n) is 2.91. The SMILES string of the molecule is Cc1cc(C)c2c(C(=O)N[C@@H](C)C(F)(F)F)cc(-c3cnc(N)nc3)nc2c1. The third kappa shape index (κ3) is 3.88. The van der Waals surface area contributed by atoms with Crippen LogP contribution in [-0.4, -0.2) is 33.1 Å². The summed E-state index contributed by atoms with van der Waals surface area (Å²) in [6.07, 6.45) is -1.66. The summed E-state index contributed by atoms with van der Waals surface area (Å²) in [6, 6.07) is 3.07. The van der Waals surface area contributed by atoms with Crippen molar-refractivity contribution in [2.45, 2.75) is 33.0 Å². The number of pyridine rings is 1. The Bertz CT molecular complexity index is 1050. The van der Waals surface area contributed by atoms with Crippen molar-refractivity contribution in [1.29, 1.82) is 0 Å². The Morgan fingerprint density at radius 2 is 1.79 bits per heavy atom. The highest BCUT2D eigenvalue weighted by Gasteiger charge is 2.37. The molecule has 0 saturated heterocycles. The number of nitrogens with one attached hydrogen (secondary N) is 1. The van der Waals surface area contributed by atoms with Gasteiger partial charge in [0.2, 0.25) is 5.95 Å². The number of hydrogen-bond donors (Lipinski definition) is 2. The number of aromatic nitrogens is 3. The highest BCUT2D eigenvalue weighted by atomic mass is 19.4.